The number of nitrogens with one attached hydrogen (secondary N) is 2. The van der Waals surface area contributed by atoms with Crippen LogP contribution in [0, 0.1) is 20.8 Å². The zero-order valence-corrected chi connectivity index (χ0v) is 14.8. The van der Waals surface area contributed by atoms with Crippen molar-refractivity contribution in [1.29, 1.82) is 0 Å². The van der Waals surface area contributed by atoms with Crippen LogP contribution in [0.3, 0.4) is 0 Å². The summed E-state index contributed by atoms with van der Waals surface area (Å²) in [4.78, 5) is 2.96. The van der Waals surface area contributed by atoms with E-state index in [1.807, 2.05) is 19.1 Å². The summed E-state index contributed by atoms with van der Waals surface area (Å²) in [7, 11) is 0. The molecule has 3 N–H and O–H groups in total. The highest BCUT2D eigenvalue weighted by molar-refractivity contribution is 5.84. The van der Waals surface area contributed by atoms with Crippen LogP contribution >= 0.6 is 0 Å². The highest BCUT2D eigenvalue weighted by Crippen LogP contribution is 2.32. The third-order valence-corrected chi connectivity index (χ3v) is 4.57. The largest absolute Gasteiger partial charge is 0.508 e. The summed E-state index contributed by atoms with van der Waals surface area (Å²) in [6.07, 6.45) is -3.08. The quantitative estimate of drug-likeness (QED) is 0.583. The van der Waals surface area contributed by atoms with Gasteiger partial charge in [-0.25, -0.2) is 0 Å². The smallest absolute Gasteiger partial charge is 0.408 e. The van der Waals surface area contributed by atoms with E-state index in [1.54, 1.807) is 26.1 Å². The van der Waals surface area contributed by atoms with Gasteiger partial charge in [0.1, 0.15) is 11.8 Å². The summed E-state index contributed by atoms with van der Waals surface area (Å²) in [6, 6.07) is 6.64. The van der Waals surface area contributed by atoms with E-state index in [0.717, 1.165) is 16.7 Å². The first kappa shape index (κ1) is 18.2. The number of aromatic nitrogens is 1. The molecule has 138 valence electrons. The van der Waals surface area contributed by atoms with Crippen molar-refractivity contribution in [2.24, 2.45) is 0 Å². The Morgan fingerprint density at radius 2 is 1.73 bits per heavy atom. The second-order valence-electron chi connectivity index (χ2n) is 6.76. The molecule has 3 aromatic rings. The molecule has 0 radical (unpaired) electrons. The van der Waals surface area contributed by atoms with Gasteiger partial charge in [0.15, 0.2) is 0 Å². The molecule has 3 nitrogen and oxygen atoms in total. The number of phenolic OH excluding ortho intramolecular Hbond substituents is 1. The molecule has 0 amide bonds. The lowest BCUT2D eigenvalue weighted by atomic mass is 10.0. The molecule has 3 rings (SSSR count). The van der Waals surface area contributed by atoms with E-state index in [1.165, 1.54) is 12.1 Å². The van der Waals surface area contributed by atoms with E-state index in [9.17, 15) is 18.3 Å². The molecule has 2 aromatic carbocycles. The maximum absolute atomic E-state index is 13.7. The second-order valence-corrected chi connectivity index (χ2v) is 6.76. The molecule has 0 saturated heterocycles. The lowest BCUT2D eigenvalue weighted by Gasteiger charge is -2.25. The number of hydrogen-bond acceptors (Lipinski definition) is 2. The standard InChI is InChI=1S/C20H21F3N2O/c1-11-6-12(2)19(13(3)7-11)25-18(20(21,22)23)8-14-10-24-17-5-4-15(26)9-16(14)17/h4-7,9-10,18,24-26H,8H2,1-3H3. The van der Waals surface area contributed by atoms with E-state index in [4.69, 9.17) is 0 Å². The zero-order chi connectivity index (χ0) is 19.1. The van der Waals surface area contributed by atoms with E-state index in [0.29, 0.717) is 22.2 Å². The molecule has 0 aliphatic heterocycles. The molecular weight excluding hydrogens is 341 g/mol. The lowest BCUT2D eigenvalue weighted by Crippen LogP contribution is -2.38. The molecule has 6 heteroatoms. The van der Waals surface area contributed by atoms with Gasteiger partial charge in [-0.2, -0.15) is 13.2 Å². The number of anilines is 1. The molecule has 1 unspecified atom stereocenters. The first-order valence-electron chi connectivity index (χ1n) is 8.35. The van der Waals surface area contributed by atoms with Crippen molar-refractivity contribution in [2.75, 3.05) is 5.32 Å². The van der Waals surface area contributed by atoms with Crippen molar-refractivity contribution in [1.82, 2.24) is 4.98 Å². The Hall–Kier alpha value is -2.63. The number of phenols is 1. The fourth-order valence-corrected chi connectivity index (χ4v) is 3.39. The normalized spacial score (nSPS) is 13.2. The Bertz CT molecular complexity index is 921. The number of alkyl halides is 3. The van der Waals surface area contributed by atoms with Crippen LogP contribution in [-0.4, -0.2) is 22.3 Å². The molecule has 0 aliphatic carbocycles. The van der Waals surface area contributed by atoms with Crippen LogP contribution in [0.1, 0.15) is 22.3 Å². The Morgan fingerprint density at radius 3 is 2.35 bits per heavy atom. The minimum absolute atomic E-state index is 0.0279. The van der Waals surface area contributed by atoms with Gasteiger partial charge < -0.3 is 15.4 Å². The van der Waals surface area contributed by atoms with Crippen LogP contribution in [0.2, 0.25) is 0 Å². The van der Waals surface area contributed by atoms with Crippen molar-refractivity contribution in [3.8, 4) is 5.75 Å². The molecular formula is C20H21F3N2O. The second kappa shape index (κ2) is 6.59. The van der Waals surface area contributed by atoms with Crippen LogP contribution in [0.4, 0.5) is 18.9 Å². The number of halogens is 3. The fourth-order valence-electron chi connectivity index (χ4n) is 3.39. The van der Waals surface area contributed by atoms with E-state index < -0.39 is 12.2 Å². The molecule has 1 atom stereocenters. The average molecular weight is 362 g/mol. The van der Waals surface area contributed by atoms with E-state index in [-0.39, 0.29) is 12.2 Å². The number of aromatic amines is 1. The average Bonchev–Trinajstić information content (AvgIpc) is 2.90. The first-order valence-corrected chi connectivity index (χ1v) is 8.35. The third kappa shape index (κ3) is 3.64. The van der Waals surface area contributed by atoms with Gasteiger partial charge >= 0.3 is 6.18 Å². The maximum atomic E-state index is 13.7. The monoisotopic (exact) mass is 362 g/mol. The molecule has 1 heterocycles. The van der Waals surface area contributed by atoms with Crippen molar-refractivity contribution < 1.29 is 18.3 Å². The Labute approximate surface area is 149 Å². The van der Waals surface area contributed by atoms with Crippen LogP contribution in [0.15, 0.2) is 36.5 Å². The van der Waals surface area contributed by atoms with E-state index >= 15 is 0 Å². The predicted octanol–water partition coefficient (Wildman–Crippen LogP) is 5.38. The molecule has 0 bridgehead atoms. The number of aryl methyl sites for hydroxylation is 3. The fraction of sp³-hybridized carbons (Fsp3) is 0.300. The van der Waals surface area contributed by atoms with Crippen molar-refractivity contribution in [2.45, 2.75) is 39.4 Å². The molecule has 0 fully saturated rings. The van der Waals surface area contributed by atoms with Gasteiger partial charge in [-0.15, -0.1) is 0 Å². The summed E-state index contributed by atoms with van der Waals surface area (Å²) < 4.78 is 41.1. The third-order valence-electron chi connectivity index (χ3n) is 4.57. The number of H-pyrrole nitrogens is 1. The Kier molecular flexibility index (Phi) is 4.61. The van der Waals surface area contributed by atoms with Gasteiger partial charge in [0.25, 0.3) is 0 Å². The first-order chi connectivity index (χ1) is 12.1. The number of rotatable bonds is 4. The van der Waals surface area contributed by atoms with Crippen LogP contribution < -0.4 is 5.32 Å². The van der Waals surface area contributed by atoms with Crippen LogP contribution in [0.5, 0.6) is 5.75 Å². The van der Waals surface area contributed by atoms with Crippen molar-refractivity contribution in [3.05, 3.63) is 58.8 Å². The molecule has 0 aliphatic rings. The minimum Gasteiger partial charge on any atom is -0.508 e. The summed E-state index contributed by atoms with van der Waals surface area (Å²) in [5, 5.41) is 12.9. The minimum atomic E-state index is -4.41. The van der Waals surface area contributed by atoms with Crippen LogP contribution in [0.25, 0.3) is 10.9 Å². The van der Waals surface area contributed by atoms with Gasteiger partial charge in [0.2, 0.25) is 0 Å². The summed E-state index contributed by atoms with van der Waals surface area (Å²) >= 11 is 0. The number of fused-ring (bicyclic) bond motifs is 1. The number of hydrogen-bond donors (Lipinski definition) is 3. The highest BCUT2D eigenvalue weighted by atomic mass is 19.4. The number of aromatic hydroxyl groups is 1. The summed E-state index contributed by atoms with van der Waals surface area (Å²) in [5.74, 6) is 0.0279. The molecule has 0 spiro atoms. The van der Waals surface area contributed by atoms with Gasteiger partial charge in [0, 0.05) is 29.2 Å². The van der Waals surface area contributed by atoms with E-state index in [2.05, 4.69) is 10.3 Å². The Morgan fingerprint density at radius 1 is 1.08 bits per heavy atom. The Balaban J connectivity index is 1.96. The summed E-state index contributed by atoms with van der Waals surface area (Å²) in [5.41, 5.74) is 4.30. The number of benzene rings is 2. The lowest BCUT2D eigenvalue weighted by molar-refractivity contribution is -0.142. The van der Waals surface area contributed by atoms with Crippen molar-refractivity contribution >= 4 is 16.6 Å². The van der Waals surface area contributed by atoms with Crippen LogP contribution in [-0.2, 0) is 6.42 Å². The highest BCUT2D eigenvalue weighted by Gasteiger charge is 2.40. The maximum Gasteiger partial charge on any atom is 0.408 e. The summed E-state index contributed by atoms with van der Waals surface area (Å²) in [6.45, 7) is 5.53. The van der Waals surface area contributed by atoms with Gasteiger partial charge in [-0.05, 0) is 55.7 Å². The molecule has 26 heavy (non-hydrogen) atoms. The van der Waals surface area contributed by atoms with Gasteiger partial charge in [0.05, 0.1) is 0 Å². The van der Waals surface area contributed by atoms with Gasteiger partial charge in [-0.3, -0.25) is 0 Å². The molecule has 0 saturated carbocycles. The van der Waals surface area contributed by atoms with Crippen molar-refractivity contribution in [3.63, 3.8) is 0 Å². The van der Waals surface area contributed by atoms with Gasteiger partial charge in [-0.1, -0.05) is 17.7 Å². The SMILES string of the molecule is Cc1cc(C)c(NC(Cc2c[nH]c3ccc(O)cc23)C(F)(F)F)c(C)c1. The molecule has 1 aromatic heterocycles. The zero-order valence-electron chi connectivity index (χ0n) is 14.8. The predicted molar refractivity (Wildman–Crippen MR) is 97.8 cm³/mol. The topological polar surface area (TPSA) is 48.0 Å².